The van der Waals surface area contributed by atoms with Crippen LogP contribution in [0.4, 0.5) is 0 Å². The van der Waals surface area contributed by atoms with Gasteiger partial charge in [0.2, 0.25) is 0 Å². The molecule has 0 radical (unpaired) electrons. The van der Waals surface area contributed by atoms with E-state index >= 15 is 0 Å². The summed E-state index contributed by atoms with van der Waals surface area (Å²) in [5, 5.41) is 2.99. The van der Waals surface area contributed by atoms with Crippen LogP contribution in [0.15, 0.2) is 27.8 Å². The highest BCUT2D eigenvalue weighted by Crippen LogP contribution is 1.99. The van der Waals surface area contributed by atoms with Gasteiger partial charge in [0.15, 0.2) is 5.96 Å². The second kappa shape index (κ2) is 6.89. The van der Waals surface area contributed by atoms with E-state index in [9.17, 15) is 0 Å². The summed E-state index contributed by atoms with van der Waals surface area (Å²) >= 11 is 0. The molecule has 0 fully saturated rings. The molecule has 0 bridgehead atoms. The van der Waals surface area contributed by atoms with Gasteiger partial charge in [-0.25, -0.2) is 0 Å². The van der Waals surface area contributed by atoms with E-state index in [0.717, 1.165) is 18.7 Å². The van der Waals surface area contributed by atoms with Gasteiger partial charge < -0.3 is 20.2 Å². The van der Waals surface area contributed by atoms with Gasteiger partial charge in [-0.05, 0) is 12.1 Å². The van der Waals surface area contributed by atoms with Crippen molar-refractivity contribution in [3.63, 3.8) is 0 Å². The van der Waals surface area contributed by atoms with Crippen LogP contribution in [-0.4, -0.2) is 32.8 Å². The lowest BCUT2D eigenvalue weighted by atomic mass is 10.3. The molecule has 1 aromatic rings. The number of hydrogen-bond acceptors (Lipinski definition) is 3. The van der Waals surface area contributed by atoms with Crippen molar-refractivity contribution < 1.29 is 9.15 Å². The first kappa shape index (κ1) is 11.6. The molecule has 5 heteroatoms. The summed E-state index contributed by atoms with van der Waals surface area (Å²) < 4.78 is 10.0. The molecule has 0 unspecified atom stereocenters. The van der Waals surface area contributed by atoms with Gasteiger partial charge in [-0.3, -0.25) is 4.99 Å². The maximum absolute atomic E-state index is 5.61. The maximum Gasteiger partial charge on any atom is 0.188 e. The number of aliphatic imine (C=N–C) groups is 1. The molecule has 15 heavy (non-hydrogen) atoms. The number of guanidine groups is 1. The van der Waals surface area contributed by atoms with Gasteiger partial charge in [-0.2, -0.15) is 0 Å². The van der Waals surface area contributed by atoms with Gasteiger partial charge in [0.25, 0.3) is 0 Å². The molecule has 1 rings (SSSR count). The van der Waals surface area contributed by atoms with Gasteiger partial charge in [-0.1, -0.05) is 0 Å². The third kappa shape index (κ3) is 5.07. The predicted octanol–water partition coefficient (Wildman–Crippen LogP) is 0.373. The Morgan fingerprint density at radius 1 is 1.67 bits per heavy atom. The van der Waals surface area contributed by atoms with Crippen LogP contribution in [0, 0.1) is 0 Å². The number of nitrogens with zero attached hydrogens (tertiary/aromatic N) is 1. The monoisotopic (exact) mass is 211 g/mol. The fraction of sp³-hybridized carbons (Fsp3) is 0.500. The average molecular weight is 211 g/mol. The molecule has 0 aliphatic heterocycles. The molecular weight excluding hydrogens is 194 g/mol. The normalized spacial score (nSPS) is 11.7. The van der Waals surface area contributed by atoms with Gasteiger partial charge in [-0.15, -0.1) is 0 Å². The summed E-state index contributed by atoms with van der Waals surface area (Å²) in [5.74, 6) is 1.38. The van der Waals surface area contributed by atoms with Crippen molar-refractivity contribution in [3.05, 3.63) is 24.2 Å². The highest BCUT2D eigenvalue weighted by atomic mass is 16.5. The quantitative estimate of drug-likeness (QED) is 0.405. The fourth-order valence-corrected chi connectivity index (χ4v) is 1.08. The summed E-state index contributed by atoms with van der Waals surface area (Å²) in [4.78, 5) is 4.06. The standard InChI is InChI=1S/C10H17N3O2/c1-14-8-6-13-10(11)12-5-4-9-3-2-7-15-9/h2-3,7H,4-6,8H2,1H3,(H3,11,12,13). The number of ether oxygens (including phenoxy) is 1. The van der Waals surface area contributed by atoms with E-state index in [4.69, 9.17) is 14.9 Å². The summed E-state index contributed by atoms with van der Waals surface area (Å²) in [6.07, 6.45) is 2.46. The zero-order valence-electron chi connectivity index (χ0n) is 8.90. The van der Waals surface area contributed by atoms with Crippen molar-refractivity contribution in [2.24, 2.45) is 10.7 Å². The largest absolute Gasteiger partial charge is 0.469 e. The van der Waals surface area contributed by atoms with E-state index in [1.165, 1.54) is 0 Å². The van der Waals surface area contributed by atoms with E-state index in [1.54, 1.807) is 13.4 Å². The molecule has 0 aromatic carbocycles. The van der Waals surface area contributed by atoms with E-state index in [2.05, 4.69) is 10.3 Å². The maximum atomic E-state index is 5.61. The number of hydrogen-bond donors (Lipinski definition) is 2. The topological polar surface area (TPSA) is 72.8 Å². The molecule has 1 aromatic heterocycles. The Labute approximate surface area is 89.3 Å². The van der Waals surface area contributed by atoms with Crippen LogP contribution in [0.5, 0.6) is 0 Å². The molecule has 0 aliphatic rings. The predicted molar refractivity (Wildman–Crippen MR) is 58.8 cm³/mol. The molecule has 3 N–H and O–H groups in total. The first-order chi connectivity index (χ1) is 7.33. The third-order valence-corrected chi connectivity index (χ3v) is 1.84. The molecular formula is C10H17N3O2. The first-order valence-corrected chi connectivity index (χ1v) is 4.88. The molecule has 84 valence electrons. The first-order valence-electron chi connectivity index (χ1n) is 4.88. The highest BCUT2D eigenvalue weighted by Gasteiger charge is 1.95. The summed E-state index contributed by atoms with van der Waals surface area (Å²) in [5.41, 5.74) is 5.61. The smallest absolute Gasteiger partial charge is 0.188 e. The van der Waals surface area contributed by atoms with Gasteiger partial charge in [0, 0.05) is 20.1 Å². The zero-order valence-corrected chi connectivity index (χ0v) is 8.90. The van der Waals surface area contributed by atoms with Crippen molar-refractivity contribution >= 4 is 5.96 Å². The van der Waals surface area contributed by atoms with Gasteiger partial charge in [0.1, 0.15) is 5.76 Å². The summed E-state index contributed by atoms with van der Waals surface area (Å²) in [7, 11) is 1.63. The SMILES string of the molecule is COCCN=C(N)NCCc1ccco1. The minimum absolute atomic E-state index is 0.443. The number of nitrogens with one attached hydrogen (secondary N) is 1. The van der Waals surface area contributed by atoms with E-state index in [0.29, 0.717) is 19.1 Å². The van der Waals surface area contributed by atoms with E-state index in [-0.39, 0.29) is 0 Å². The minimum atomic E-state index is 0.443. The van der Waals surface area contributed by atoms with Crippen molar-refractivity contribution in [1.82, 2.24) is 5.32 Å². The molecule has 0 saturated heterocycles. The Morgan fingerprint density at radius 3 is 3.20 bits per heavy atom. The van der Waals surface area contributed by atoms with Crippen LogP contribution in [-0.2, 0) is 11.2 Å². The van der Waals surface area contributed by atoms with Crippen molar-refractivity contribution in [2.75, 3.05) is 26.8 Å². The molecule has 0 atom stereocenters. The lowest BCUT2D eigenvalue weighted by Crippen LogP contribution is -2.33. The second-order valence-corrected chi connectivity index (χ2v) is 3.02. The van der Waals surface area contributed by atoms with Crippen LogP contribution in [0.1, 0.15) is 5.76 Å². The Balaban J connectivity index is 2.11. The number of rotatable bonds is 6. The molecule has 5 nitrogen and oxygen atoms in total. The van der Waals surface area contributed by atoms with Crippen LogP contribution in [0.3, 0.4) is 0 Å². The fourth-order valence-electron chi connectivity index (χ4n) is 1.08. The van der Waals surface area contributed by atoms with Crippen LogP contribution in [0.2, 0.25) is 0 Å². The molecule has 0 aliphatic carbocycles. The summed E-state index contributed by atoms with van der Waals surface area (Å²) in [6.45, 7) is 1.88. The van der Waals surface area contributed by atoms with Gasteiger partial charge in [0.05, 0.1) is 19.4 Å². The van der Waals surface area contributed by atoms with Crippen molar-refractivity contribution in [2.45, 2.75) is 6.42 Å². The zero-order chi connectivity index (χ0) is 10.9. The Hall–Kier alpha value is -1.49. The molecule has 0 spiro atoms. The van der Waals surface area contributed by atoms with Crippen molar-refractivity contribution in [3.8, 4) is 0 Å². The Kier molecular flexibility index (Phi) is 5.32. The van der Waals surface area contributed by atoms with Crippen LogP contribution >= 0.6 is 0 Å². The lowest BCUT2D eigenvalue weighted by Gasteiger charge is -2.03. The van der Waals surface area contributed by atoms with E-state index in [1.807, 2.05) is 12.1 Å². The van der Waals surface area contributed by atoms with Crippen LogP contribution in [0.25, 0.3) is 0 Å². The lowest BCUT2D eigenvalue weighted by molar-refractivity contribution is 0.208. The number of nitrogens with two attached hydrogens (primary N) is 1. The molecule has 0 saturated carbocycles. The average Bonchev–Trinajstić information content (AvgIpc) is 2.71. The number of methoxy groups -OCH3 is 1. The third-order valence-electron chi connectivity index (χ3n) is 1.84. The second-order valence-electron chi connectivity index (χ2n) is 3.02. The molecule has 0 amide bonds. The molecule has 1 heterocycles. The Bertz CT molecular complexity index is 283. The Morgan fingerprint density at radius 2 is 2.53 bits per heavy atom. The van der Waals surface area contributed by atoms with Gasteiger partial charge >= 0.3 is 0 Å². The summed E-state index contributed by atoms with van der Waals surface area (Å²) in [6, 6.07) is 3.80. The highest BCUT2D eigenvalue weighted by molar-refractivity contribution is 5.77. The van der Waals surface area contributed by atoms with E-state index < -0.39 is 0 Å². The van der Waals surface area contributed by atoms with Crippen LogP contribution < -0.4 is 11.1 Å². The number of furan rings is 1. The van der Waals surface area contributed by atoms with Crippen molar-refractivity contribution in [1.29, 1.82) is 0 Å². The minimum Gasteiger partial charge on any atom is -0.469 e.